The van der Waals surface area contributed by atoms with Gasteiger partial charge in [-0.05, 0) is 23.6 Å². The van der Waals surface area contributed by atoms with E-state index >= 15 is 0 Å². The monoisotopic (exact) mass is 255 g/mol. The van der Waals surface area contributed by atoms with Crippen LogP contribution in [0, 0.1) is 23.5 Å². The van der Waals surface area contributed by atoms with E-state index in [4.69, 9.17) is 5.11 Å². The van der Waals surface area contributed by atoms with Crippen LogP contribution in [-0.4, -0.2) is 29.1 Å². The first-order valence-corrected chi connectivity index (χ1v) is 5.86. The van der Waals surface area contributed by atoms with Gasteiger partial charge < -0.3 is 5.11 Å². The van der Waals surface area contributed by atoms with E-state index in [-0.39, 0.29) is 11.8 Å². The van der Waals surface area contributed by atoms with Crippen molar-refractivity contribution in [1.29, 1.82) is 0 Å². The van der Waals surface area contributed by atoms with Crippen molar-refractivity contribution in [2.24, 2.45) is 11.8 Å². The molecule has 2 rings (SSSR count). The second-order valence-electron chi connectivity index (χ2n) is 4.86. The zero-order chi connectivity index (χ0) is 13.3. The molecule has 5 heteroatoms. The van der Waals surface area contributed by atoms with Gasteiger partial charge in [0.25, 0.3) is 0 Å². The Morgan fingerprint density at radius 3 is 2.67 bits per heavy atom. The van der Waals surface area contributed by atoms with E-state index in [9.17, 15) is 13.6 Å². The van der Waals surface area contributed by atoms with Crippen LogP contribution < -0.4 is 0 Å². The maximum atomic E-state index is 13.0. The number of hydrogen-bond donors (Lipinski definition) is 1. The molecule has 98 valence electrons. The van der Waals surface area contributed by atoms with Crippen LogP contribution in [0.5, 0.6) is 0 Å². The summed E-state index contributed by atoms with van der Waals surface area (Å²) in [5, 5.41) is 9.01. The predicted octanol–water partition coefficient (Wildman–Crippen LogP) is 2.12. The Kier molecular flexibility index (Phi) is 3.61. The second kappa shape index (κ2) is 5.02. The van der Waals surface area contributed by atoms with Gasteiger partial charge in [-0.3, -0.25) is 9.69 Å². The normalized spacial score (nSPS) is 24.4. The number of nitrogens with zero attached hydrogens (tertiary/aromatic N) is 1. The Morgan fingerprint density at radius 2 is 2.11 bits per heavy atom. The quantitative estimate of drug-likeness (QED) is 0.899. The number of carbonyl (C=O) groups is 1. The van der Waals surface area contributed by atoms with E-state index in [1.54, 1.807) is 0 Å². The molecule has 1 aromatic carbocycles. The molecule has 0 amide bonds. The molecule has 1 heterocycles. The number of rotatable bonds is 3. The predicted molar refractivity (Wildman–Crippen MR) is 61.9 cm³/mol. The minimum atomic E-state index is -0.866. The summed E-state index contributed by atoms with van der Waals surface area (Å²) in [7, 11) is 0. The van der Waals surface area contributed by atoms with Crippen molar-refractivity contribution in [3.63, 3.8) is 0 Å². The molecular weight excluding hydrogens is 240 g/mol. The third-order valence-electron chi connectivity index (χ3n) is 3.40. The van der Waals surface area contributed by atoms with Gasteiger partial charge in [0.05, 0.1) is 5.92 Å². The van der Waals surface area contributed by atoms with Crippen molar-refractivity contribution >= 4 is 5.97 Å². The van der Waals surface area contributed by atoms with Crippen molar-refractivity contribution in [2.75, 3.05) is 13.1 Å². The lowest BCUT2D eigenvalue weighted by Crippen LogP contribution is -2.23. The summed E-state index contributed by atoms with van der Waals surface area (Å²) in [5.74, 6) is -2.83. The van der Waals surface area contributed by atoms with Gasteiger partial charge in [0.15, 0.2) is 11.6 Å². The Morgan fingerprint density at radius 1 is 1.39 bits per heavy atom. The lowest BCUT2D eigenvalue weighted by atomic mass is 9.99. The van der Waals surface area contributed by atoms with Gasteiger partial charge in [-0.1, -0.05) is 13.0 Å². The van der Waals surface area contributed by atoms with Gasteiger partial charge in [-0.25, -0.2) is 8.78 Å². The fourth-order valence-electron chi connectivity index (χ4n) is 2.41. The highest BCUT2D eigenvalue weighted by Gasteiger charge is 2.34. The molecule has 0 radical (unpaired) electrons. The van der Waals surface area contributed by atoms with E-state index in [1.165, 1.54) is 6.07 Å². The van der Waals surface area contributed by atoms with Crippen LogP contribution in [0.1, 0.15) is 12.5 Å². The summed E-state index contributed by atoms with van der Waals surface area (Å²) in [6.45, 7) is 3.46. The van der Waals surface area contributed by atoms with E-state index < -0.39 is 17.6 Å². The first-order valence-electron chi connectivity index (χ1n) is 5.86. The standard InChI is InChI=1S/C13H15F2NO2/c1-8-5-16(7-10(8)13(17)18)6-9-2-3-11(14)12(15)4-9/h2-4,8,10H,5-7H2,1H3,(H,17,18)/t8-,10-/m1/s1. The smallest absolute Gasteiger partial charge is 0.308 e. The fourth-order valence-corrected chi connectivity index (χ4v) is 2.41. The third kappa shape index (κ3) is 2.67. The summed E-state index contributed by atoms with van der Waals surface area (Å²) in [6.07, 6.45) is 0. The molecule has 1 aliphatic rings. The number of carboxylic acids is 1. The van der Waals surface area contributed by atoms with Gasteiger partial charge in [0, 0.05) is 19.6 Å². The minimum absolute atomic E-state index is 0.0767. The molecule has 0 bridgehead atoms. The van der Waals surface area contributed by atoms with Crippen molar-refractivity contribution in [3.8, 4) is 0 Å². The molecule has 0 aliphatic carbocycles. The largest absolute Gasteiger partial charge is 0.481 e. The van der Waals surface area contributed by atoms with Crippen molar-refractivity contribution in [2.45, 2.75) is 13.5 Å². The Bertz CT molecular complexity index is 464. The van der Waals surface area contributed by atoms with E-state index in [1.807, 2.05) is 11.8 Å². The number of carboxylic acid groups (broad SMARTS) is 1. The first-order chi connectivity index (χ1) is 8.47. The summed E-state index contributed by atoms with van der Waals surface area (Å²) in [4.78, 5) is 12.9. The van der Waals surface area contributed by atoms with Crippen LogP contribution >= 0.6 is 0 Å². The number of halogens is 2. The minimum Gasteiger partial charge on any atom is -0.481 e. The highest BCUT2D eigenvalue weighted by Crippen LogP contribution is 2.24. The Labute approximate surface area is 104 Å². The maximum absolute atomic E-state index is 13.0. The molecular formula is C13H15F2NO2. The SMILES string of the molecule is C[C@@H]1CN(Cc2ccc(F)c(F)c2)C[C@H]1C(=O)O. The molecule has 18 heavy (non-hydrogen) atoms. The van der Waals surface area contributed by atoms with Crippen molar-refractivity contribution < 1.29 is 18.7 Å². The number of likely N-dealkylation sites (tertiary alicyclic amines) is 1. The molecule has 2 atom stereocenters. The zero-order valence-corrected chi connectivity index (χ0v) is 10.1. The van der Waals surface area contributed by atoms with Crippen LogP contribution in [0.4, 0.5) is 8.78 Å². The van der Waals surface area contributed by atoms with Gasteiger partial charge >= 0.3 is 5.97 Å². The summed E-state index contributed by atoms with van der Waals surface area (Å²) in [6, 6.07) is 3.78. The molecule has 1 aliphatic heterocycles. The van der Waals surface area contributed by atoms with Gasteiger partial charge in [0.2, 0.25) is 0 Å². The van der Waals surface area contributed by atoms with Crippen LogP contribution in [0.15, 0.2) is 18.2 Å². The van der Waals surface area contributed by atoms with E-state index in [0.29, 0.717) is 25.2 Å². The highest BCUT2D eigenvalue weighted by atomic mass is 19.2. The number of benzene rings is 1. The highest BCUT2D eigenvalue weighted by molar-refractivity contribution is 5.71. The number of aliphatic carboxylic acids is 1. The van der Waals surface area contributed by atoms with Gasteiger partial charge in [0.1, 0.15) is 0 Å². The Hall–Kier alpha value is -1.49. The maximum Gasteiger partial charge on any atom is 0.308 e. The molecule has 3 nitrogen and oxygen atoms in total. The van der Waals surface area contributed by atoms with Crippen LogP contribution in [-0.2, 0) is 11.3 Å². The van der Waals surface area contributed by atoms with Crippen molar-refractivity contribution in [1.82, 2.24) is 4.90 Å². The van der Waals surface area contributed by atoms with Gasteiger partial charge in [-0.15, -0.1) is 0 Å². The topological polar surface area (TPSA) is 40.5 Å². The molecule has 0 saturated carbocycles. The number of hydrogen-bond acceptors (Lipinski definition) is 2. The van der Waals surface area contributed by atoms with Crippen molar-refractivity contribution in [3.05, 3.63) is 35.4 Å². The molecule has 0 spiro atoms. The lowest BCUT2D eigenvalue weighted by molar-refractivity contribution is -0.142. The molecule has 1 saturated heterocycles. The molecule has 1 N–H and O–H groups in total. The van der Waals surface area contributed by atoms with E-state index in [0.717, 1.165) is 12.1 Å². The molecule has 0 aromatic heterocycles. The van der Waals surface area contributed by atoms with Gasteiger partial charge in [-0.2, -0.15) is 0 Å². The average molecular weight is 255 g/mol. The van der Waals surface area contributed by atoms with E-state index in [2.05, 4.69) is 0 Å². The molecule has 1 fully saturated rings. The summed E-state index contributed by atoms with van der Waals surface area (Å²) < 4.78 is 25.8. The zero-order valence-electron chi connectivity index (χ0n) is 10.1. The Balaban J connectivity index is 2.03. The first kappa shape index (κ1) is 13.0. The summed E-state index contributed by atoms with van der Waals surface area (Å²) in [5.41, 5.74) is 0.659. The molecule has 0 unspecified atom stereocenters. The lowest BCUT2D eigenvalue weighted by Gasteiger charge is -2.15. The average Bonchev–Trinajstić information content (AvgIpc) is 2.65. The fraction of sp³-hybridized carbons (Fsp3) is 0.462. The van der Waals surface area contributed by atoms with Crippen LogP contribution in [0.25, 0.3) is 0 Å². The summed E-state index contributed by atoms with van der Waals surface area (Å²) >= 11 is 0. The second-order valence-corrected chi connectivity index (χ2v) is 4.86. The molecule has 1 aromatic rings. The third-order valence-corrected chi connectivity index (χ3v) is 3.40. The van der Waals surface area contributed by atoms with Crippen LogP contribution in [0.2, 0.25) is 0 Å². The van der Waals surface area contributed by atoms with Crippen LogP contribution in [0.3, 0.4) is 0 Å².